The van der Waals surface area contributed by atoms with Gasteiger partial charge in [-0.1, -0.05) is 17.8 Å². The summed E-state index contributed by atoms with van der Waals surface area (Å²) in [6.07, 6.45) is 1.75. The van der Waals surface area contributed by atoms with Crippen molar-refractivity contribution in [3.8, 4) is 0 Å². The van der Waals surface area contributed by atoms with Crippen LogP contribution >= 0.6 is 11.8 Å². The predicted octanol–water partition coefficient (Wildman–Crippen LogP) is 0.356. The molecule has 2 N–H and O–H groups in total. The lowest BCUT2D eigenvalue weighted by Gasteiger charge is -2.04. The van der Waals surface area contributed by atoms with Gasteiger partial charge in [0.1, 0.15) is 0 Å². The molecule has 0 radical (unpaired) electrons. The molecule has 0 amide bonds. The van der Waals surface area contributed by atoms with Crippen LogP contribution in [0, 0.1) is 0 Å². The van der Waals surface area contributed by atoms with Crippen molar-refractivity contribution in [2.24, 2.45) is 12.8 Å². The average Bonchev–Trinajstić information content (AvgIpc) is 2.72. The SMILES string of the molecule is Cn1nnnc1SCc1cccnc1CN. The number of hydrogen-bond donors (Lipinski definition) is 1. The summed E-state index contributed by atoms with van der Waals surface area (Å²) >= 11 is 1.57. The molecular formula is C9H12N6S. The van der Waals surface area contributed by atoms with Crippen molar-refractivity contribution in [2.75, 3.05) is 0 Å². The third-order valence-electron chi connectivity index (χ3n) is 2.12. The Morgan fingerprint density at radius 1 is 1.50 bits per heavy atom. The zero-order valence-electron chi connectivity index (χ0n) is 8.87. The summed E-state index contributed by atoms with van der Waals surface area (Å²) in [4.78, 5) is 4.22. The number of tetrazole rings is 1. The molecule has 0 aliphatic heterocycles. The van der Waals surface area contributed by atoms with Crippen LogP contribution in [-0.2, 0) is 19.3 Å². The van der Waals surface area contributed by atoms with E-state index in [-0.39, 0.29) is 0 Å². The van der Waals surface area contributed by atoms with Crippen LogP contribution in [0.1, 0.15) is 11.3 Å². The van der Waals surface area contributed by atoms with Gasteiger partial charge >= 0.3 is 0 Å². The van der Waals surface area contributed by atoms with Crippen molar-refractivity contribution in [1.82, 2.24) is 25.2 Å². The maximum Gasteiger partial charge on any atom is 0.209 e. The first-order valence-electron chi connectivity index (χ1n) is 4.79. The van der Waals surface area contributed by atoms with Crippen molar-refractivity contribution in [3.63, 3.8) is 0 Å². The maximum absolute atomic E-state index is 5.61. The molecule has 0 spiro atoms. The summed E-state index contributed by atoms with van der Waals surface area (Å²) in [5, 5.41) is 12.0. The van der Waals surface area contributed by atoms with E-state index in [2.05, 4.69) is 20.5 Å². The lowest BCUT2D eigenvalue weighted by Crippen LogP contribution is -2.03. The third-order valence-corrected chi connectivity index (χ3v) is 3.18. The van der Waals surface area contributed by atoms with E-state index in [4.69, 9.17) is 5.73 Å². The minimum atomic E-state index is 0.452. The number of aromatic nitrogens is 5. The molecule has 0 atom stereocenters. The quantitative estimate of drug-likeness (QED) is 0.772. The minimum absolute atomic E-state index is 0.452. The highest BCUT2D eigenvalue weighted by molar-refractivity contribution is 7.98. The van der Waals surface area contributed by atoms with Crippen molar-refractivity contribution in [1.29, 1.82) is 0 Å². The number of aryl methyl sites for hydroxylation is 1. The number of thioether (sulfide) groups is 1. The van der Waals surface area contributed by atoms with Gasteiger partial charge in [-0.3, -0.25) is 4.98 Å². The highest BCUT2D eigenvalue weighted by atomic mass is 32.2. The van der Waals surface area contributed by atoms with Gasteiger partial charge in [0, 0.05) is 25.5 Å². The van der Waals surface area contributed by atoms with Gasteiger partial charge in [-0.25, -0.2) is 4.68 Å². The Morgan fingerprint density at radius 3 is 3.06 bits per heavy atom. The van der Waals surface area contributed by atoms with Crippen LogP contribution < -0.4 is 5.73 Å². The second-order valence-corrected chi connectivity index (χ2v) is 4.13. The van der Waals surface area contributed by atoms with Gasteiger partial charge in [-0.2, -0.15) is 0 Å². The van der Waals surface area contributed by atoms with Crippen molar-refractivity contribution in [2.45, 2.75) is 17.5 Å². The molecule has 84 valence electrons. The number of rotatable bonds is 4. The first kappa shape index (κ1) is 11.0. The van der Waals surface area contributed by atoms with Crippen LogP contribution in [-0.4, -0.2) is 25.2 Å². The molecule has 0 bridgehead atoms. The van der Waals surface area contributed by atoms with Gasteiger partial charge < -0.3 is 5.73 Å². The first-order chi connectivity index (χ1) is 7.81. The topological polar surface area (TPSA) is 82.5 Å². The van der Waals surface area contributed by atoms with Crippen molar-refractivity contribution in [3.05, 3.63) is 29.6 Å². The molecule has 6 nitrogen and oxygen atoms in total. The van der Waals surface area contributed by atoms with E-state index in [0.717, 1.165) is 22.2 Å². The summed E-state index contributed by atoms with van der Waals surface area (Å²) in [5.41, 5.74) is 7.66. The highest BCUT2D eigenvalue weighted by Crippen LogP contribution is 2.20. The number of nitrogens with two attached hydrogens (primary N) is 1. The lowest BCUT2D eigenvalue weighted by molar-refractivity contribution is 0.664. The Labute approximate surface area is 97.2 Å². The summed E-state index contributed by atoms with van der Waals surface area (Å²) in [7, 11) is 1.81. The fourth-order valence-electron chi connectivity index (χ4n) is 1.27. The Morgan fingerprint density at radius 2 is 2.38 bits per heavy atom. The average molecular weight is 236 g/mol. The molecule has 7 heteroatoms. The van der Waals surface area contributed by atoms with E-state index in [1.165, 1.54) is 0 Å². The molecule has 2 aromatic heterocycles. The van der Waals surface area contributed by atoms with E-state index < -0.39 is 0 Å². The van der Waals surface area contributed by atoms with Gasteiger partial charge in [-0.15, -0.1) is 5.10 Å². The molecule has 16 heavy (non-hydrogen) atoms. The molecule has 2 rings (SSSR count). The minimum Gasteiger partial charge on any atom is -0.325 e. The molecule has 0 aliphatic rings. The predicted molar refractivity (Wildman–Crippen MR) is 60.5 cm³/mol. The molecule has 0 unspecified atom stereocenters. The van der Waals surface area contributed by atoms with E-state index in [1.807, 2.05) is 19.2 Å². The van der Waals surface area contributed by atoms with Crippen molar-refractivity contribution < 1.29 is 0 Å². The first-order valence-corrected chi connectivity index (χ1v) is 5.78. The molecular weight excluding hydrogens is 224 g/mol. The van der Waals surface area contributed by atoms with E-state index >= 15 is 0 Å². The fraction of sp³-hybridized carbons (Fsp3) is 0.333. The summed E-state index contributed by atoms with van der Waals surface area (Å²) in [5.74, 6) is 0.772. The molecule has 2 heterocycles. The second-order valence-electron chi connectivity index (χ2n) is 3.19. The van der Waals surface area contributed by atoms with Gasteiger partial charge in [-0.05, 0) is 22.1 Å². The molecule has 2 aromatic rings. The third kappa shape index (κ3) is 2.37. The molecule has 0 aliphatic carbocycles. The van der Waals surface area contributed by atoms with E-state index in [0.29, 0.717) is 6.54 Å². The number of nitrogens with zero attached hydrogens (tertiary/aromatic N) is 5. The largest absolute Gasteiger partial charge is 0.325 e. The van der Waals surface area contributed by atoms with E-state index in [1.54, 1.807) is 22.6 Å². The Bertz CT molecular complexity index is 469. The van der Waals surface area contributed by atoms with Gasteiger partial charge in [0.25, 0.3) is 0 Å². The van der Waals surface area contributed by atoms with Crippen LogP contribution in [0.3, 0.4) is 0 Å². The maximum atomic E-state index is 5.61. The Hall–Kier alpha value is -1.47. The Balaban J connectivity index is 2.07. The molecule has 0 saturated carbocycles. The van der Waals surface area contributed by atoms with Crippen LogP contribution in [0.4, 0.5) is 0 Å². The van der Waals surface area contributed by atoms with Crippen LogP contribution in [0.2, 0.25) is 0 Å². The zero-order chi connectivity index (χ0) is 11.4. The van der Waals surface area contributed by atoms with Crippen molar-refractivity contribution >= 4 is 11.8 Å². The summed E-state index contributed by atoms with van der Waals surface area (Å²) < 4.78 is 1.64. The van der Waals surface area contributed by atoms with Crippen LogP contribution in [0.25, 0.3) is 0 Å². The van der Waals surface area contributed by atoms with Gasteiger partial charge in [0.15, 0.2) is 0 Å². The number of hydrogen-bond acceptors (Lipinski definition) is 6. The smallest absolute Gasteiger partial charge is 0.209 e. The summed E-state index contributed by atoms with van der Waals surface area (Å²) in [6, 6.07) is 3.93. The second kappa shape index (κ2) is 5.04. The standard InChI is InChI=1S/C9H12N6S/c1-15-9(12-13-14-15)16-6-7-3-2-4-11-8(7)5-10/h2-4H,5-6,10H2,1H3. The summed E-state index contributed by atoms with van der Waals surface area (Å²) in [6.45, 7) is 0.452. The highest BCUT2D eigenvalue weighted by Gasteiger charge is 2.06. The van der Waals surface area contributed by atoms with E-state index in [9.17, 15) is 0 Å². The van der Waals surface area contributed by atoms with Gasteiger partial charge in [0.05, 0.1) is 5.69 Å². The Kier molecular flexibility index (Phi) is 3.47. The monoisotopic (exact) mass is 236 g/mol. The molecule has 0 fully saturated rings. The number of pyridine rings is 1. The van der Waals surface area contributed by atoms with Crippen LogP contribution in [0.15, 0.2) is 23.5 Å². The van der Waals surface area contributed by atoms with Crippen LogP contribution in [0.5, 0.6) is 0 Å². The fourth-order valence-corrected chi connectivity index (χ4v) is 2.14. The zero-order valence-corrected chi connectivity index (χ0v) is 9.68. The lowest BCUT2D eigenvalue weighted by atomic mass is 10.2. The molecule has 0 saturated heterocycles. The normalized spacial score (nSPS) is 10.6. The van der Waals surface area contributed by atoms with Gasteiger partial charge in [0.2, 0.25) is 5.16 Å². The molecule has 0 aromatic carbocycles.